The minimum absolute atomic E-state index is 0.0159. The molecule has 1 aromatic heterocycles. The molecule has 4 rings (SSSR count). The van der Waals surface area contributed by atoms with E-state index in [9.17, 15) is 14.4 Å². The molecule has 1 fully saturated rings. The number of ether oxygens (including phenoxy) is 1. The molecule has 1 atom stereocenters. The van der Waals surface area contributed by atoms with E-state index in [1.165, 1.54) is 6.33 Å². The fraction of sp³-hybridized carbons (Fsp3) is 0.217. The maximum Gasteiger partial charge on any atom is 0.276 e. The third-order valence-corrected chi connectivity index (χ3v) is 5.43. The summed E-state index contributed by atoms with van der Waals surface area (Å²) in [6.07, 6.45) is 2.02. The lowest BCUT2D eigenvalue weighted by Gasteiger charge is -2.11. The third kappa shape index (κ3) is 5.39. The summed E-state index contributed by atoms with van der Waals surface area (Å²) in [5.41, 5.74) is 2.41. The number of nitrogens with zero attached hydrogens (tertiary/aromatic N) is 1. The fourth-order valence-electron chi connectivity index (χ4n) is 3.38. The van der Waals surface area contributed by atoms with Crippen LogP contribution in [0.4, 0.5) is 11.4 Å². The van der Waals surface area contributed by atoms with E-state index in [4.69, 9.17) is 16.3 Å². The first-order valence-electron chi connectivity index (χ1n) is 10.3. The van der Waals surface area contributed by atoms with Gasteiger partial charge in [-0.2, -0.15) is 0 Å². The molecule has 0 aliphatic carbocycles. The molecular weight excluding hydrogens is 446 g/mol. The second-order valence-corrected chi connectivity index (χ2v) is 8.04. The molecule has 0 saturated carbocycles. The number of hydrogen-bond donors (Lipinski definition) is 4. The summed E-state index contributed by atoms with van der Waals surface area (Å²) < 4.78 is 5.25. The van der Waals surface area contributed by atoms with Gasteiger partial charge >= 0.3 is 0 Å². The molecule has 1 aliphatic rings. The van der Waals surface area contributed by atoms with Crippen LogP contribution in [0, 0.1) is 6.92 Å². The van der Waals surface area contributed by atoms with Crippen LogP contribution in [0.25, 0.3) is 0 Å². The Kier molecular flexibility index (Phi) is 6.71. The van der Waals surface area contributed by atoms with Gasteiger partial charge in [0, 0.05) is 18.0 Å². The van der Waals surface area contributed by atoms with Gasteiger partial charge in [0.05, 0.1) is 29.6 Å². The smallest absolute Gasteiger partial charge is 0.276 e. The van der Waals surface area contributed by atoms with Gasteiger partial charge in [-0.05, 0) is 55.3 Å². The highest BCUT2D eigenvalue weighted by atomic mass is 35.5. The molecule has 1 aliphatic heterocycles. The number of halogens is 1. The van der Waals surface area contributed by atoms with Gasteiger partial charge in [0.15, 0.2) is 5.69 Å². The molecule has 0 spiro atoms. The van der Waals surface area contributed by atoms with E-state index in [0.717, 1.165) is 12.0 Å². The Morgan fingerprint density at radius 3 is 2.36 bits per heavy atom. The number of imidazole rings is 1. The third-order valence-electron chi connectivity index (χ3n) is 5.12. The van der Waals surface area contributed by atoms with Crippen LogP contribution < -0.4 is 16.0 Å². The molecule has 1 saturated heterocycles. The highest BCUT2D eigenvalue weighted by Gasteiger charge is 2.24. The minimum Gasteiger partial charge on any atom is -0.379 e. The Labute approximate surface area is 194 Å². The molecule has 3 amide bonds. The van der Waals surface area contributed by atoms with Crippen molar-refractivity contribution in [1.29, 1.82) is 0 Å². The monoisotopic (exact) mass is 467 g/mol. The van der Waals surface area contributed by atoms with Crippen molar-refractivity contribution in [2.45, 2.75) is 19.4 Å². The maximum atomic E-state index is 12.7. The van der Waals surface area contributed by atoms with Crippen LogP contribution >= 0.6 is 11.6 Å². The van der Waals surface area contributed by atoms with Crippen molar-refractivity contribution in [3.05, 3.63) is 76.3 Å². The molecule has 0 bridgehead atoms. The van der Waals surface area contributed by atoms with Crippen molar-refractivity contribution in [3.63, 3.8) is 0 Å². The van der Waals surface area contributed by atoms with Gasteiger partial charge in [0.1, 0.15) is 5.69 Å². The molecule has 33 heavy (non-hydrogen) atoms. The first kappa shape index (κ1) is 22.5. The predicted octanol–water partition coefficient (Wildman–Crippen LogP) is 3.39. The van der Waals surface area contributed by atoms with Gasteiger partial charge in [-0.3, -0.25) is 14.4 Å². The second-order valence-electron chi connectivity index (χ2n) is 7.63. The molecule has 3 aromatic rings. The number of aromatic nitrogens is 2. The van der Waals surface area contributed by atoms with Crippen LogP contribution in [0.3, 0.4) is 0 Å². The number of aryl methyl sites for hydroxylation is 1. The van der Waals surface area contributed by atoms with Crippen molar-refractivity contribution in [2.75, 3.05) is 23.8 Å². The number of nitrogens with one attached hydrogen (secondary N) is 4. The lowest BCUT2D eigenvalue weighted by atomic mass is 10.1. The van der Waals surface area contributed by atoms with Crippen molar-refractivity contribution in [1.82, 2.24) is 15.3 Å². The van der Waals surface area contributed by atoms with E-state index in [-0.39, 0.29) is 23.3 Å². The topological polar surface area (TPSA) is 125 Å². The van der Waals surface area contributed by atoms with Crippen molar-refractivity contribution in [3.8, 4) is 0 Å². The van der Waals surface area contributed by atoms with Gasteiger partial charge in [-0.25, -0.2) is 4.98 Å². The van der Waals surface area contributed by atoms with Crippen LogP contribution in [0.5, 0.6) is 0 Å². The zero-order chi connectivity index (χ0) is 23.4. The number of carbonyl (C=O) groups is 3. The average molecular weight is 468 g/mol. The van der Waals surface area contributed by atoms with E-state index in [2.05, 4.69) is 25.9 Å². The van der Waals surface area contributed by atoms with E-state index in [1.54, 1.807) is 36.4 Å². The van der Waals surface area contributed by atoms with Crippen LogP contribution in [0.1, 0.15) is 43.3 Å². The molecule has 2 heterocycles. The summed E-state index contributed by atoms with van der Waals surface area (Å²) in [4.78, 5) is 44.3. The molecule has 0 radical (unpaired) electrons. The Hall–Kier alpha value is -3.69. The summed E-state index contributed by atoms with van der Waals surface area (Å²) in [7, 11) is 0. The van der Waals surface area contributed by atoms with E-state index < -0.39 is 11.8 Å². The highest BCUT2D eigenvalue weighted by Crippen LogP contribution is 2.20. The van der Waals surface area contributed by atoms with E-state index in [1.807, 2.05) is 13.0 Å². The van der Waals surface area contributed by atoms with Crippen LogP contribution in [0.2, 0.25) is 5.02 Å². The molecule has 4 N–H and O–H groups in total. The van der Waals surface area contributed by atoms with Crippen molar-refractivity contribution in [2.24, 2.45) is 0 Å². The molecule has 2 aromatic carbocycles. The van der Waals surface area contributed by atoms with Crippen LogP contribution in [-0.2, 0) is 4.74 Å². The number of rotatable bonds is 6. The number of benzene rings is 2. The lowest BCUT2D eigenvalue weighted by Crippen LogP contribution is -2.36. The average Bonchev–Trinajstić information content (AvgIpc) is 3.47. The van der Waals surface area contributed by atoms with Gasteiger partial charge in [-0.15, -0.1) is 0 Å². The number of aromatic amines is 1. The summed E-state index contributed by atoms with van der Waals surface area (Å²) in [5.74, 6) is -1.29. The quantitative estimate of drug-likeness (QED) is 0.442. The van der Waals surface area contributed by atoms with Gasteiger partial charge in [0.2, 0.25) is 0 Å². The first-order chi connectivity index (χ1) is 15.9. The lowest BCUT2D eigenvalue weighted by molar-refractivity contribution is 0.0914. The van der Waals surface area contributed by atoms with Crippen LogP contribution in [-0.4, -0.2) is 46.9 Å². The van der Waals surface area contributed by atoms with Gasteiger partial charge < -0.3 is 25.7 Å². The summed E-state index contributed by atoms with van der Waals surface area (Å²) >= 11 is 6.15. The highest BCUT2D eigenvalue weighted by molar-refractivity contribution is 6.34. The SMILES string of the molecule is Cc1ccc(C(=O)Nc2ccc(NC(=O)c3nc[nH]c3C(=O)NC3CCOC3)cc2)c(Cl)c1. The Balaban J connectivity index is 1.38. The number of H-pyrrole nitrogens is 1. The molecular formula is C23H22ClN5O4. The van der Waals surface area contributed by atoms with E-state index in [0.29, 0.717) is 35.2 Å². The molecule has 170 valence electrons. The number of carbonyl (C=O) groups excluding carboxylic acids is 3. The standard InChI is InChI=1S/C23H22ClN5O4/c1-13-2-7-17(18(24)10-13)21(30)27-14-3-5-15(6-4-14)28-22(31)19-20(26-12-25-19)23(32)29-16-8-9-33-11-16/h2-7,10,12,16H,8-9,11H2,1H3,(H,25,26)(H,27,30)(H,28,31)(H,29,32). The normalized spacial score (nSPS) is 15.2. The number of anilines is 2. The zero-order valence-electron chi connectivity index (χ0n) is 17.8. The first-order valence-corrected chi connectivity index (χ1v) is 10.7. The summed E-state index contributed by atoms with van der Waals surface area (Å²) in [6, 6.07) is 11.7. The maximum absolute atomic E-state index is 12.7. The Morgan fingerprint density at radius 2 is 1.73 bits per heavy atom. The van der Waals surface area contributed by atoms with Gasteiger partial charge in [-0.1, -0.05) is 17.7 Å². The van der Waals surface area contributed by atoms with Gasteiger partial charge in [0.25, 0.3) is 17.7 Å². The summed E-state index contributed by atoms with van der Waals surface area (Å²) in [5, 5.41) is 8.66. The number of amides is 3. The number of hydrogen-bond acceptors (Lipinski definition) is 5. The predicted molar refractivity (Wildman–Crippen MR) is 124 cm³/mol. The second kappa shape index (κ2) is 9.85. The zero-order valence-corrected chi connectivity index (χ0v) is 18.5. The Morgan fingerprint density at radius 1 is 1.03 bits per heavy atom. The molecule has 9 nitrogen and oxygen atoms in total. The Bertz CT molecular complexity index is 1190. The largest absolute Gasteiger partial charge is 0.379 e. The van der Waals surface area contributed by atoms with Crippen LogP contribution in [0.15, 0.2) is 48.8 Å². The van der Waals surface area contributed by atoms with Crippen molar-refractivity contribution < 1.29 is 19.1 Å². The van der Waals surface area contributed by atoms with E-state index >= 15 is 0 Å². The molecule has 1 unspecified atom stereocenters. The summed E-state index contributed by atoms with van der Waals surface area (Å²) in [6.45, 7) is 2.93. The fourth-order valence-corrected chi connectivity index (χ4v) is 3.70. The minimum atomic E-state index is -0.535. The van der Waals surface area contributed by atoms with Crippen molar-refractivity contribution >= 4 is 40.7 Å². The molecule has 10 heteroatoms.